The number of benzene rings is 1. The molecular formula is C14H13NO3. The second-order valence-corrected chi connectivity index (χ2v) is 4.60. The zero-order valence-corrected chi connectivity index (χ0v) is 10.7. The Morgan fingerprint density at radius 1 is 1.00 bits per heavy atom. The minimum absolute atomic E-state index is 0.374. The van der Waals surface area contributed by atoms with Crippen LogP contribution < -0.4 is 5.63 Å². The maximum atomic E-state index is 11.5. The van der Waals surface area contributed by atoms with E-state index in [1.165, 1.54) is 0 Å². The van der Waals surface area contributed by atoms with Gasteiger partial charge in [0.1, 0.15) is 22.6 Å². The van der Waals surface area contributed by atoms with Crippen molar-refractivity contribution in [3.05, 3.63) is 39.1 Å². The molecule has 1 aromatic carbocycles. The number of nitrogens with zero attached hydrogens (tertiary/aromatic N) is 1. The summed E-state index contributed by atoms with van der Waals surface area (Å²) in [5.41, 5.74) is 3.87. The van der Waals surface area contributed by atoms with Gasteiger partial charge in [-0.15, -0.1) is 0 Å². The van der Waals surface area contributed by atoms with Crippen LogP contribution in [0.4, 0.5) is 0 Å². The molecular weight excluding hydrogens is 230 g/mol. The van der Waals surface area contributed by atoms with Gasteiger partial charge in [0.15, 0.2) is 5.58 Å². The lowest BCUT2D eigenvalue weighted by atomic mass is 10.1. The van der Waals surface area contributed by atoms with Crippen LogP contribution in [-0.2, 0) is 0 Å². The normalized spacial score (nSPS) is 11.6. The topological polar surface area (TPSA) is 56.2 Å². The number of hydrogen-bond acceptors (Lipinski definition) is 4. The van der Waals surface area contributed by atoms with Gasteiger partial charge in [0.2, 0.25) is 0 Å². The Morgan fingerprint density at radius 3 is 2.44 bits per heavy atom. The molecule has 4 heteroatoms. The van der Waals surface area contributed by atoms with Gasteiger partial charge in [-0.2, -0.15) is 0 Å². The zero-order chi connectivity index (χ0) is 13.0. The molecule has 2 heterocycles. The summed E-state index contributed by atoms with van der Waals surface area (Å²) in [6.07, 6.45) is 0. The van der Waals surface area contributed by atoms with Crippen molar-refractivity contribution in [3.63, 3.8) is 0 Å². The lowest BCUT2D eigenvalue weighted by Crippen LogP contribution is -2.06. The molecule has 0 fully saturated rings. The Kier molecular flexibility index (Phi) is 2.11. The second kappa shape index (κ2) is 3.45. The smallest absolute Gasteiger partial charge is 0.357 e. The molecule has 0 unspecified atom stereocenters. The number of aryl methyl sites for hydroxylation is 4. The quantitative estimate of drug-likeness (QED) is 0.608. The monoisotopic (exact) mass is 243 g/mol. The van der Waals surface area contributed by atoms with Crippen molar-refractivity contribution in [1.82, 2.24) is 4.98 Å². The van der Waals surface area contributed by atoms with Gasteiger partial charge in [-0.3, -0.25) is 0 Å². The molecule has 4 nitrogen and oxygen atoms in total. The Labute approximate surface area is 103 Å². The van der Waals surface area contributed by atoms with Crippen molar-refractivity contribution in [3.8, 4) is 0 Å². The van der Waals surface area contributed by atoms with Crippen LogP contribution in [0, 0.1) is 27.7 Å². The van der Waals surface area contributed by atoms with Crippen LogP contribution in [0.1, 0.15) is 22.6 Å². The molecule has 0 saturated carbocycles. The first-order valence-corrected chi connectivity index (χ1v) is 5.80. The predicted octanol–water partition coefficient (Wildman–Crippen LogP) is 3.17. The number of hydrogen-bond donors (Lipinski definition) is 0. The van der Waals surface area contributed by atoms with Gasteiger partial charge >= 0.3 is 5.63 Å². The van der Waals surface area contributed by atoms with Gasteiger partial charge in [0, 0.05) is 10.9 Å². The molecule has 0 saturated heterocycles. The maximum Gasteiger partial charge on any atom is 0.357 e. The molecule has 0 radical (unpaired) electrons. The Hall–Kier alpha value is -2.10. The first-order chi connectivity index (χ1) is 8.49. The van der Waals surface area contributed by atoms with Crippen LogP contribution in [0.15, 0.2) is 19.7 Å². The minimum atomic E-state index is -0.398. The molecule has 3 rings (SSSR count). The van der Waals surface area contributed by atoms with E-state index in [1.54, 1.807) is 6.92 Å². The fourth-order valence-electron chi connectivity index (χ4n) is 2.20. The molecule has 92 valence electrons. The van der Waals surface area contributed by atoms with Crippen molar-refractivity contribution in [1.29, 1.82) is 0 Å². The van der Waals surface area contributed by atoms with E-state index in [0.29, 0.717) is 16.8 Å². The third kappa shape index (κ3) is 1.32. The average molecular weight is 243 g/mol. The molecule has 0 aliphatic heterocycles. The van der Waals surface area contributed by atoms with Crippen LogP contribution >= 0.6 is 0 Å². The van der Waals surface area contributed by atoms with Crippen molar-refractivity contribution in [2.24, 2.45) is 0 Å². The molecule has 3 aromatic rings. The third-order valence-corrected chi connectivity index (χ3v) is 3.41. The van der Waals surface area contributed by atoms with E-state index in [-0.39, 0.29) is 0 Å². The van der Waals surface area contributed by atoms with E-state index in [1.807, 2.05) is 26.8 Å². The SMILES string of the molecule is Cc1oc2c(C)c3oc(=O)c(C)nc3cc2c1C. The molecule has 0 spiro atoms. The Balaban J connectivity index is 2.60. The summed E-state index contributed by atoms with van der Waals surface area (Å²) >= 11 is 0. The number of furan rings is 1. The Morgan fingerprint density at radius 2 is 1.72 bits per heavy atom. The van der Waals surface area contributed by atoms with Gasteiger partial charge in [0.05, 0.1) is 0 Å². The van der Waals surface area contributed by atoms with Crippen LogP contribution in [0.3, 0.4) is 0 Å². The standard InChI is InChI=1S/C14H13NO3/c1-6-9(4)17-12-7(2)13-11(5-10(6)12)15-8(3)14(16)18-13/h5H,1-4H3. The summed E-state index contributed by atoms with van der Waals surface area (Å²) in [4.78, 5) is 15.8. The molecule has 0 aliphatic carbocycles. The molecule has 0 aliphatic rings. The lowest BCUT2D eigenvalue weighted by Gasteiger charge is -2.02. The summed E-state index contributed by atoms with van der Waals surface area (Å²) in [6, 6.07) is 1.92. The maximum absolute atomic E-state index is 11.5. The highest BCUT2D eigenvalue weighted by molar-refractivity contribution is 5.97. The highest BCUT2D eigenvalue weighted by Gasteiger charge is 2.15. The fourth-order valence-corrected chi connectivity index (χ4v) is 2.20. The molecule has 0 N–H and O–H groups in total. The van der Waals surface area contributed by atoms with Crippen molar-refractivity contribution >= 4 is 22.1 Å². The summed E-state index contributed by atoms with van der Waals surface area (Å²) in [6.45, 7) is 7.47. The van der Waals surface area contributed by atoms with Crippen LogP contribution in [0.2, 0.25) is 0 Å². The van der Waals surface area contributed by atoms with Crippen molar-refractivity contribution in [2.45, 2.75) is 27.7 Å². The first-order valence-electron chi connectivity index (χ1n) is 5.80. The van der Waals surface area contributed by atoms with E-state index >= 15 is 0 Å². The highest BCUT2D eigenvalue weighted by atomic mass is 16.4. The van der Waals surface area contributed by atoms with Gasteiger partial charge in [-0.25, -0.2) is 9.78 Å². The van der Waals surface area contributed by atoms with Gasteiger partial charge in [-0.05, 0) is 39.3 Å². The zero-order valence-electron chi connectivity index (χ0n) is 10.7. The summed E-state index contributed by atoms with van der Waals surface area (Å²) < 4.78 is 11.0. The fraction of sp³-hybridized carbons (Fsp3) is 0.286. The molecule has 0 atom stereocenters. The average Bonchev–Trinajstić information content (AvgIpc) is 2.60. The number of fused-ring (bicyclic) bond motifs is 2. The summed E-state index contributed by atoms with van der Waals surface area (Å²) in [7, 11) is 0. The van der Waals surface area contributed by atoms with E-state index < -0.39 is 5.63 Å². The highest BCUT2D eigenvalue weighted by Crippen LogP contribution is 2.31. The van der Waals surface area contributed by atoms with E-state index in [2.05, 4.69) is 4.98 Å². The molecule has 2 aromatic heterocycles. The van der Waals surface area contributed by atoms with Crippen molar-refractivity contribution in [2.75, 3.05) is 0 Å². The van der Waals surface area contributed by atoms with Crippen LogP contribution in [0.25, 0.3) is 22.1 Å². The predicted molar refractivity (Wildman–Crippen MR) is 69.0 cm³/mol. The van der Waals surface area contributed by atoms with Crippen molar-refractivity contribution < 1.29 is 8.83 Å². The molecule has 18 heavy (non-hydrogen) atoms. The van der Waals surface area contributed by atoms with Gasteiger partial charge in [0.25, 0.3) is 0 Å². The van der Waals surface area contributed by atoms with E-state index in [4.69, 9.17) is 8.83 Å². The third-order valence-electron chi connectivity index (χ3n) is 3.41. The lowest BCUT2D eigenvalue weighted by molar-refractivity contribution is 0.541. The second-order valence-electron chi connectivity index (χ2n) is 4.60. The van der Waals surface area contributed by atoms with E-state index in [0.717, 1.165) is 27.9 Å². The number of rotatable bonds is 0. The molecule has 0 bridgehead atoms. The largest absolute Gasteiger partial charge is 0.461 e. The minimum Gasteiger partial charge on any atom is -0.461 e. The summed E-state index contributed by atoms with van der Waals surface area (Å²) in [5.74, 6) is 0.877. The van der Waals surface area contributed by atoms with Gasteiger partial charge < -0.3 is 8.83 Å². The molecule has 0 amide bonds. The summed E-state index contributed by atoms with van der Waals surface area (Å²) in [5, 5.41) is 1.03. The van der Waals surface area contributed by atoms with Crippen LogP contribution in [-0.4, -0.2) is 4.98 Å². The van der Waals surface area contributed by atoms with E-state index in [9.17, 15) is 4.79 Å². The van der Waals surface area contributed by atoms with Crippen LogP contribution in [0.5, 0.6) is 0 Å². The first kappa shape index (κ1) is 11.0. The number of aromatic nitrogens is 1. The van der Waals surface area contributed by atoms with Gasteiger partial charge in [-0.1, -0.05) is 0 Å². The Bertz CT molecular complexity index is 840.